The van der Waals surface area contributed by atoms with Crippen molar-refractivity contribution in [3.8, 4) is 0 Å². The summed E-state index contributed by atoms with van der Waals surface area (Å²) in [6, 6.07) is 1.09. The number of aromatic nitrogens is 1. The van der Waals surface area contributed by atoms with Gasteiger partial charge >= 0.3 is 6.18 Å². The molecule has 0 aromatic carbocycles. The van der Waals surface area contributed by atoms with Gasteiger partial charge in [0.2, 0.25) is 0 Å². The van der Waals surface area contributed by atoms with E-state index in [1.807, 2.05) is 0 Å². The highest BCUT2D eigenvalue weighted by Gasteiger charge is 2.37. The van der Waals surface area contributed by atoms with Gasteiger partial charge in [0, 0.05) is 28.6 Å². The van der Waals surface area contributed by atoms with Crippen molar-refractivity contribution < 1.29 is 13.2 Å². The third-order valence-corrected chi connectivity index (χ3v) is 4.93. The maximum atomic E-state index is 13.1. The zero-order chi connectivity index (χ0) is 14.2. The van der Waals surface area contributed by atoms with Crippen LogP contribution in [0.15, 0.2) is 16.7 Å². The van der Waals surface area contributed by atoms with Crippen LogP contribution in [0.3, 0.4) is 0 Å². The molecule has 0 bridgehead atoms. The van der Waals surface area contributed by atoms with Gasteiger partial charge in [0.1, 0.15) is 5.82 Å². The fraction of sp³-hybridized carbons (Fsp3) is 0.583. The summed E-state index contributed by atoms with van der Waals surface area (Å²) in [5.74, 6) is 0.480. The average molecular weight is 402 g/mol. The van der Waals surface area contributed by atoms with Crippen LogP contribution >= 0.6 is 31.9 Å². The van der Waals surface area contributed by atoms with Gasteiger partial charge in [0.15, 0.2) is 0 Å². The zero-order valence-corrected chi connectivity index (χ0v) is 13.4. The number of nitrogens with zero attached hydrogens (tertiary/aromatic N) is 2. The second-order valence-electron chi connectivity index (χ2n) is 4.75. The second kappa shape index (κ2) is 5.60. The van der Waals surface area contributed by atoms with Crippen molar-refractivity contribution in [2.45, 2.75) is 24.3 Å². The first kappa shape index (κ1) is 15.1. The Labute approximate surface area is 126 Å². The molecule has 106 valence electrons. The molecule has 1 saturated heterocycles. The second-order valence-corrected chi connectivity index (χ2v) is 6.84. The predicted molar refractivity (Wildman–Crippen MR) is 75.6 cm³/mol. The molecule has 2 heterocycles. The van der Waals surface area contributed by atoms with Gasteiger partial charge in [-0.1, -0.05) is 22.9 Å². The quantitative estimate of drug-likeness (QED) is 0.645. The van der Waals surface area contributed by atoms with Gasteiger partial charge in [-0.3, -0.25) is 0 Å². The van der Waals surface area contributed by atoms with Crippen LogP contribution in [0.2, 0.25) is 0 Å². The Kier molecular flexibility index (Phi) is 4.45. The van der Waals surface area contributed by atoms with Crippen molar-refractivity contribution in [2.75, 3.05) is 18.0 Å². The summed E-state index contributed by atoms with van der Waals surface area (Å²) in [4.78, 5) is 5.86. The van der Waals surface area contributed by atoms with Crippen LogP contribution in [0, 0.1) is 5.92 Å². The Bertz CT molecular complexity index is 465. The largest absolute Gasteiger partial charge is 0.419 e. The number of hydrogen-bond acceptors (Lipinski definition) is 2. The first-order chi connectivity index (χ1) is 8.79. The minimum atomic E-state index is -4.39. The average Bonchev–Trinajstić information content (AvgIpc) is 2.32. The van der Waals surface area contributed by atoms with Crippen LogP contribution in [0.1, 0.15) is 18.9 Å². The molecule has 2 rings (SSSR count). The molecule has 1 aromatic rings. The lowest BCUT2D eigenvalue weighted by Crippen LogP contribution is -2.41. The molecule has 1 aliphatic rings. The van der Waals surface area contributed by atoms with Crippen molar-refractivity contribution in [1.29, 1.82) is 0 Å². The summed E-state index contributed by atoms with van der Waals surface area (Å²) in [7, 11) is 0. The monoisotopic (exact) mass is 400 g/mol. The van der Waals surface area contributed by atoms with Crippen molar-refractivity contribution in [2.24, 2.45) is 5.92 Å². The first-order valence-electron chi connectivity index (χ1n) is 5.91. The highest BCUT2D eigenvalue weighted by molar-refractivity contribution is 9.10. The number of alkyl halides is 4. The third kappa shape index (κ3) is 3.42. The third-order valence-electron chi connectivity index (χ3n) is 3.30. The molecule has 0 spiro atoms. The molecule has 0 amide bonds. The van der Waals surface area contributed by atoms with E-state index < -0.39 is 11.7 Å². The van der Waals surface area contributed by atoms with Gasteiger partial charge in [0.05, 0.1) is 5.56 Å². The molecule has 1 aliphatic heterocycles. The zero-order valence-electron chi connectivity index (χ0n) is 10.2. The molecular weight excluding hydrogens is 389 g/mol. The van der Waals surface area contributed by atoms with Crippen LogP contribution < -0.4 is 4.90 Å². The van der Waals surface area contributed by atoms with Crippen molar-refractivity contribution >= 4 is 37.7 Å². The molecule has 19 heavy (non-hydrogen) atoms. The molecule has 7 heteroatoms. The van der Waals surface area contributed by atoms with E-state index in [-0.39, 0.29) is 10.6 Å². The lowest BCUT2D eigenvalue weighted by atomic mass is 9.98. The van der Waals surface area contributed by atoms with Crippen molar-refractivity contribution in [3.05, 3.63) is 22.3 Å². The number of hydrogen-bond donors (Lipinski definition) is 0. The number of piperidine rings is 1. The standard InChI is InChI=1S/C12H13Br2F3N2/c1-7-2-3-19(6-10(7)14)11-9(12(15,16)17)4-8(13)5-18-11/h4-5,7,10H,2-3,6H2,1H3. The molecule has 1 aromatic heterocycles. The summed E-state index contributed by atoms with van der Waals surface area (Å²) in [6.45, 7) is 3.23. The van der Waals surface area contributed by atoms with E-state index >= 15 is 0 Å². The fourth-order valence-corrected chi connectivity index (χ4v) is 3.05. The molecule has 0 radical (unpaired) electrons. The van der Waals surface area contributed by atoms with E-state index in [1.54, 1.807) is 4.90 Å². The molecule has 2 unspecified atom stereocenters. The molecule has 0 N–H and O–H groups in total. The summed E-state index contributed by atoms with van der Waals surface area (Å²) in [6.07, 6.45) is -2.13. The number of halogens is 5. The van der Waals surface area contributed by atoms with Gasteiger partial charge in [0.25, 0.3) is 0 Å². The highest BCUT2D eigenvalue weighted by Crippen LogP contribution is 2.38. The van der Waals surface area contributed by atoms with Gasteiger partial charge < -0.3 is 4.90 Å². The molecular formula is C12H13Br2F3N2. The SMILES string of the molecule is CC1CCN(c2ncc(Br)cc2C(F)(F)F)CC1Br. The van der Waals surface area contributed by atoms with E-state index in [0.717, 1.165) is 12.5 Å². The van der Waals surface area contributed by atoms with E-state index in [2.05, 4.69) is 43.8 Å². The van der Waals surface area contributed by atoms with Crippen LogP contribution in [-0.2, 0) is 6.18 Å². The molecule has 1 fully saturated rings. The molecule has 0 aliphatic carbocycles. The summed E-state index contributed by atoms with van der Waals surface area (Å²) >= 11 is 6.56. The van der Waals surface area contributed by atoms with E-state index in [9.17, 15) is 13.2 Å². The van der Waals surface area contributed by atoms with Gasteiger partial charge in [-0.05, 0) is 34.3 Å². The first-order valence-corrected chi connectivity index (χ1v) is 7.61. The molecule has 0 saturated carbocycles. The highest BCUT2D eigenvalue weighted by atomic mass is 79.9. The Hall–Kier alpha value is -0.300. The van der Waals surface area contributed by atoms with Crippen LogP contribution in [0.5, 0.6) is 0 Å². The minimum Gasteiger partial charge on any atom is -0.355 e. The minimum absolute atomic E-state index is 0.0204. The number of pyridine rings is 1. The number of anilines is 1. The van der Waals surface area contributed by atoms with Crippen LogP contribution in [0.4, 0.5) is 19.0 Å². The normalized spacial score (nSPS) is 24.6. The van der Waals surface area contributed by atoms with E-state index in [1.165, 1.54) is 6.20 Å². The Morgan fingerprint density at radius 2 is 2.11 bits per heavy atom. The van der Waals surface area contributed by atoms with Crippen molar-refractivity contribution in [1.82, 2.24) is 4.98 Å². The fourth-order valence-electron chi connectivity index (χ4n) is 2.11. The van der Waals surface area contributed by atoms with Gasteiger partial charge in [-0.15, -0.1) is 0 Å². The molecule has 2 atom stereocenters. The van der Waals surface area contributed by atoms with Crippen LogP contribution in [0.25, 0.3) is 0 Å². The summed E-state index contributed by atoms with van der Waals surface area (Å²) in [5, 5.41) is 0. The van der Waals surface area contributed by atoms with Gasteiger partial charge in [-0.2, -0.15) is 13.2 Å². The van der Waals surface area contributed by atoms with Gasteiger partial charge in [-0.25, -0.2) is 4.98 Å². The van der Waals surface area contributed by atoms with Crippen molar-refractivity contribution in [3.63, 3.8) is 0 Å². The Morgan fingerprint density at radius 3 is 2.68 bits per heavy atom. The maximum Gasteiger partial charge on any atom is 0.419 e. The lowest BCUT2D eigenvalue weighted by molar-refractivity contribution is -0.137. The Morgan fingerprint density at radius 1 is 1.42 bits per heavy atom. The topological polar surface area (TPSA) is 16.1 Å². The summed E-state index contributed by atoms with van der Waals surface area (Å²) < 4.78 is 39.5. The van der Waals surface area contributed by atoms with E-state index in [0.29, 0.717) is 23.5 Å². The number of rotatable bonds is 1. The van der Waals surface area contributed by atoms with E-state index in [4.69, 9.17) is 0 Å². The smallest absolute Gasteiger partial charge is 0.355 e. The van der Waals surface area contributed by atoms with Crippen LogP contribution in [-0.4, -0.2) is 22.9 Å². The summed E-state index contributed by atoms with van der Waals surface area (Å²) in [5.41, 5.74) is -0.684. The Balaban J connectivity index is 2.34. The lowest BCUT2D eigenvalue weighted by Gasteiger charge is -2.36. The predicted octanol–water partition coefficient (Wildman–Crippen LogP) is 4.47. The maximum absolute atomic E-state index is 13.1. The molecule has 2 nitrogen and oxygen atoms in total.